The number of hydrogen-bond acceptors (Lipinski definition) is 8. The minimum Gasteiger partial charge on any atom is -0.466 e. The molecule has 1 fully saturated rings. The van der Waals surface area contributed by atoms with Crippen molar-refractivity contribution in [3.63, 3.8) is 0 Å². The van der Waals surface area contributed by atoms with Crippen molar-refractivity contribution in [2.24, 2.45) is 4.99 Å². The Labute approximate surface area is 208 Å². The minimum absolute atomic E-state index is 0.0127. The van der Waals surface area contributed by atoms with Gasteiger partial charge in [0, 0.05) is 11.1 Å². The molecule has 2 heterocycles. The maximum absolute atomic E-state index is 13.5. The third-order valence-electron chi connectivity index (χ3n) is 7.18. The Morgan fingerprint density at radius 2 is 1.58 bits per heavy atom. The van der Waals surface area contributed by atoms with Crippen LogP contribution in [0.5, 0.6) is 0 Å². The number of carbonyl (C=O) groups excluding carboxylic acids is 2. The predicted molar refractivity (Wildman–Crippen MR) is 132 cm³/mol. The molecule has 6 rings (SSSR count). The third kappa shape index (κ3) is 3.17. The van der Waals surface area contributed by atoms with Crippen LogP contribution in [0.15, 0.2) is 64.7 Å². The van der Waals surface area contributed by atoms with E-state index >= 15 is 0 Å². The number of hydrogen-bond donors (Lipinski definition) is 0. The summed E-state index contributed by atoms with van der Waals surface area (Å²) in [5.74, 6) is -1.32. The zero-order valence-electron chi connectivity index (χ0n) is 20.1. The van der Waals surface area contributed by atoms with E-state index in [4.69, 9.17) is 29.2 Å². The molecular formula is C28H25N3O5. The molecule has 0 saturated heterocycles. The lowest BCUT2D eigenvalue weighted by Gasteiger charge is -2.27. The molecule has 0 radical (unpaired) electrons. The number of rotatable bonds is 3. The lowest BCUT2D eigenvalue weighted by atomic mass is 9.85. The van der Waals surface area contributed by atoms with E-state index in [0.717, 1.165) is 37.7 Å². The van der Waals surface area contributed by atoms with Crippen molar-refractivity contribution in [2.75, 3.05) is 14.2 Å². The summed E-state index contributed by atoms with van der Waals surface area (Å²) < 4.78 is 17.0. The van der Waals surface area contributed by atoms with Crippen LogP contribution in [0.3, 0.4) is 0 Å². The van der Waals surface area contributed by atoms with Gasteiger partial charge in [-0.1, -0.05) is 55.7 Å². The lowest BCUT2D eigenvalue weighted by molar-refractivity contribution is -0.139. The molecule has 1 aromatic heterocycles. The van der Waals surface area contributed by atoms with Gasteiger partial charge in [-0.25, -0.2) is 24.5 Å². The van der Waals surface area contributed by atoms with Crippen LogP contribution in [0.25, 0.3) is 22.3 Å². The SMILES string of the molecule is COC(=O)C1=C(C(=O)OC)C2(OC1=NC1CCCCC1)c1ccccc1-c1nc3ccccc3nc12. The number of esters is 2. The van der Waals surface area contributed by atoms with Crippen LogP contribution in [0.2, 0.25) is 0 Å². The summed E-state index contributed by atoms with van der Waals surface area (Å²) in [6.45, 7) is 0. The molecule has 1 saturated carbocycles. The van der Waals surface area contributed by atoms with Gasteiger partial charge in [0.15, 0.2) is 0 Å². The van der Waals surface area contributed by atoms with E-state index in [1.54, 1.807) is 0 Å². The van der Waals surface area contributed by atoms with Gasteiger partial charge in [0.25, 0.3) is 0 Å². The lowest BCUT2D eigenvalue weighted by Crippen LogP contribution is -2.33. The molecule has 1 unspecified atom stereocenters. The predicted octanol–water partition coefficient (Wildman–Crippen LogP) is 4.26. The van der Waals surface area contributed by atoms with Crippen molar-refractivity contribution in [2.45, 2.75) is 43.7 Å². The zero-order chi connectivity index (χ0) is 24.9. The molecule has 2 aromatic carbocycles. The number of carbonyl (C=O) groups is 2. The molecule has 2 aliphatic carbocycles. The van der Waals surface area contributed by atoms with Gasteiger partial charge in [0.05, 0.1) is 37.0 Å². The number of para-hydroxylation sites is 2. The average Bonchev–Trinajstić information content (AvgIpc) is 3.40. The fraction of sp³-hybridized carbons (Fsp3) is 0.321. The van der Waals surface area contributed by atoms with Crippen LogP contribution >= 0.6 is 0 Å². The van der Waals surface area contributed by atoms with Crippen molar-refractivity contribution in [1.82, 2.24) is 9.97 Å². The van der Waals surface area contributed by atoms with E-state index in [9.17, 15) is 9.59 Å². The summed E-state index contributed by atoms with van der Waals surface area (Å²) in [5.41, 5.74) is 2.28. The van der Waals surface area contributed by atoms with E-state index in [0.29, 0.717) is 28.0 Å². The van der Waals surface area contributed by atoms with Crippen LogP contribution < -0.4 is 0 Å². The number of ether oxygens (including phenoxy) is 3. The number of fused-ring (bicyclic) bond motifs is 6. The summed E-state index contributed by atoms with van der Waals surface area (Å²) >= 11 is 0. The highest BCUT2D eigenvalue weighted by Gasteiger charge is 2.61. The second kappa shape index (κ2) is 8.55. The van der Waals surface area contributed by atoms with Crippen molar-refractivity contribution in [3.05, 3.63) is 70.9 Å². The molecule has 182 valence electrons. The normalized spacial score (nSPS) is 22.0. The molecule has 8 nitrogen and oxygen atoms in total. The van der Waals surface area contributed by atoms with E-state index in [2.05, 4.69) is 0 Å². The summed E-state index contributed by atoms with van der Waals surface area (Å²) in [4.78, 5) is 41.3. The fourth-order valence-electron chi connectivity index (χ4n) is 5.55. The quantitative estimate of drug-likeness (QED) is 0.513. The highest BCUT2D eigenvalue weighted by molar-refractivity contribution is 6.24. The Hall–Kier alpha value is -4.07. The van der Waals surface area contributed by atoms with Crippen molar-refractivity contribution >= 4 is 28.9 Å². The smallest absolute Gasteiger partial charge is 0.344 e. The second-order valence-electron chi connectivity index (χ2n) is 9.20. The summed E-state index contributed by atoms with van der Waals surface area (Å²) in [6.07, 6.45) is 5.04. The van der Waals surface area contributed by atoms with Crippen LogP contribution in [0.4, 0.5) is 0 Å². The van der Waals surface area contributed by atoms with Gasteiger partial charge < -0.3 is 14.2 Å². The standard InChI is InChI=1S/C28H25N3O5/c1-34-26(32)21-22(27(33)35-2)28(36-25(21)29-16-10-4-3-5-11-16)18-13-7-6-12-17(18)23-24(28)31-20-15-9-8-14-19(20)30-23/h6-9,12-16H,3-5,10-11H2,1-2H3. The maximum atomic E-state index is 13.5. The molecule has 36 heavy (non-hydrogen) atoms. The van der Waals surface area contributed by atoms with Gasteiger partial charge in [0.2, 0.25) is 11.5 Å². The number of nitrogens with zero attached hydrogens (tertiary/aromatic N) is 3. The van der Waals surface area contributed by atoms with Gasteiger partial charge in [0.1, 0.15) is 16.8 Å². The molecule has 3 aromatic rings. The second-order valence-corrected chi connectivity index (χ2v) is 9.20. The number of methoxy groups -OCH3 is 2. The first-order chi connectivity index (χ1) is 17.6. The summed E-state index contributed by atoms with van der Waals surface area (Å²) in [6, 6.07) is 15.0. The average molecular weight is 484 g/mol. The first-order valence-corrected chi connectivity index (χ1v) is 12.1. The first kappa shape index (κ1) is 22.4. The maximum Gasteiger partial charge on any atom is 0.344 e. The topological polar surface area (TPSA) is 100.0 Å². The minimum atomic E-state index is -1.53. The van der Waals surface area contributed by atoms with E-state index in [1.807, 2.05) is 48.5 Å². The Morgan fingerprint density at radius 3 is 2.31 bits per heavy atom. The summed E-state index contributed by atoms with van der Waals surface area (Å²) in [5, 5.41) is 0. The molecular weight excluding hydrogens is 458 g/mol. The Kier molecular flexibility index (Phi) is 5.32. The van der Waals surface area contributed by atoms with Crippen LogP contribution in [-0.4, -0.2) is 48.1 Å². The summed E-state index contributed by atoms with van der Waals surface area (Å²) in [7, 11) is 2.55. The van der Waals surface area contributed by atoms with Gasteiger partial charge in [-0.3, -0.25) is 0 Å². The van der Waals surface area contributed by atoms with Crippen LogP contribution in [0, 0.1) is 0 Å². The fourth-order valence-corrected chi connectivity index (χ4v) is 5.55. The monoisotopic (exact) mass is 483 g/mol. The van der Waals surface area contributed by atoms with E-state index in [-0.39, 0.29) is 23.1 Å². The number of benzene rings is 2. The molecule has 1 spiro atoms. The van der Waals surface area contributed by atoms with Gasteiger partial charge in [-0.2, -0.15) is 0 Å². The first-order valence-electron chi connectivity index (χ1n) is 12.1. The highest BCUT2D eigenvalue weighted by Crippen LogP contribution is 2.56. The molecule has 3 aliphatic rings. The molecule has 0 bridgehead atoms. The third-order valence-corrected chi connectivity index (χ3v) is 7.18. The van der Waals surface area contributed by atoms with Crippen molar-refractivity contribution in [3.8, 4) is 11.3 Å². The Morgan fingerprint density at radius 1 is 0.917 bits per heavy atom. The molecule has 1 atom stereocenters. The number of aromatic nitrogens is 2. The molecule has 0 amide bonds. The van der Waals surface area contributed by atoms with E-state index < -0.39 is 17.5 Å². The Bertz CT molecular complexity index is 1470. The van der Waals surface area contributed by atoms with E-state index in [1.165, 1.54) is 14.2 Å². The highest BCUT2D eigenvalue weighted by atomic mass is 16.6. The van der Waals surface area contributed by atoms with Gasteiger partial charge in [-0.05, 0) is 25.0 Å². The van der Waals surface area contributed by atoms with Crippen LogP contribution in [-0.2, 0) is 29.4 Å². The van der Waals surface area contributed by atoms with Crippen molar-refractivity contribution < 1.29 is 23.8 Å². The molecule has 1 aliphatic heterocycles. The largest absolute Gasteiger partial charge is 0.466 e. The molecule has 8 heteroatoms. The zero-order valence-corrected chi connectivity index (χ0v) is 20.1. The van der Waals surface area contributed by atoms with Gasteiger partial charge >= 0.3 is 11.9 Å². The van der Waals surface area contributed by atoms with Crippen LogP contribution in [0.1, 0.15) is 43.4 Å². The van der Waals surface area contributed by atoms with Gasteiger partial charge in [-0.15, -0.1) is 0 Å². The Balaban J connectivity index is 1.68. The number of aliphatic imine (C=N–C) groups is 1. The van der Waals surface area contributed by atoms with Crippen molar-refractivity contribution in [1.29, 1.82) is 0 Å². The molecule has 0 N–H and O–H groups in total.